The van der Waals surface area contributed by atoms with Gasteiger partial charge in [-0.1, -0.05) is 0 Å². The van der Waals surface area contributed by atoms with Gasteiger partial charge in [0.15, 0.2) is 0 Å². The van der Waals surface area contributed by atoms with Crippen LogP contribution in [0.5, 0.6) is 0 Å². The van der Waals surface area contributed by atoms with E-state index >= 15 is 0 Å². The number of rotatable bonds is 3. The first-order chi connectivity index (χ1) is 8.15. The lowest BCUT2D eigenvalue weighted by Crippen LogP contribution is -2.40. The van der Waals surface area contributed by atoms with E-state index in [2.05, 4.69) is 50.9 Å². The van der Waals surface area contributed by atoms with Crippen molar-refractivity contribution in [2.45, 2.75) is 39.2 Å². The third kappa shape index (κ3) is 3.75. The topological polar surface area (TPSA) is 29.0 Å². The van der Waals surface area contributed by atoms with Crippen LogP contribution >= 0.6 is 15.9 Å². The summed E-state index contributed by atoms with van der Waals surface area (Å²) in [6, 6.07) is 2.74. The number of piperidine rings is 1. The molecule has 0 aromatic carbocycles. The lowest BCUT2D eigenvalue weighted by atomic mass is 9.92. The van der Waals surface area contributed by atoms with Crippen LogP contribution in [0.1, 0.15) is 32.4 Å². The molecular formula is C13H20BrN3. The average Bonchev–Trinajstić information content (AvgIpc) is 2.29. The summed E-state index contributed by atoms with van der Waals surface area (Å²) in [6.45, 7) is 7.01. The van der Waals surface area contributed by atoms with Crippen molar-refractivity contribution < 1.29 is 0 Å². The Morgan fingerprint density at radius 1 is 1.53 bits per heavy atom. The third-order valence-electron chi connectivity index (χ3n) is 3.45. The summed E-state index contributed by atoms with van der Waals surface area (Å²) in [4.78, 5) is 2.57. The van der Waals surface area contributed by atoms with E-state index in [1.165, 1.54) is 25.9 Å². The van der Waals surface area contributed by atoms with Gasteiger partial charge < -0.3 is 4.90 Å². The van der Waals surface area contributed by atoms with E-state index < -0.39 is 0 Å². The Morgan fingerprint density at radius 2 is 2.35 bits per heavy atom. The third-order valence-corrected chi connectivity index (χ3v) is 3.88. The van der Waals surface area contributed by atoms with Crippen LogP contribution in [0.2, 0.25) is 0 Å². The minimum atomic E-state index is 0.659. The predicted molar refractivity (Wildman–Crippen MR) is 72.9 cm³/mol. The standard InChI is InChI=1S/C13H20BrN3/c1-10(2)17-5-3-4-11(9-17)6-13-7-12(14)8-15-16-13/h7-8,10-11H,3-6,9H2,1-2H3. The maximum absolute atomic E-state index is 4.21. The molecule has 0 aliphatic carbocycles. The highest BCUT2D eigenvalue weighted by Gasteiger charge is 2.22. The van der Waals surface area contributed by atoms with Gasteiger partial charge in [-0.2, -0.15) is 10.2 Å². The summed E-state index contributed by atoms with van der Waals surface area (Å²) in [5.41, 5.74) is 1.11. The molecule has 2 rings (SSSR count). The Morgan fingerprint density at radius 3 is 3.06 bits per heavy atom. The van der Waals surface area contributed by atoms with Gasteiger partial charge in [0.25, 0.3) is 0 Å². The molecule has 1 aliphatic heterocycles. The minimum absolute atomic E-state index is 0.659. The molecule has 0 N–H and O–H groups in total. The van der Waals surface area contributed by atoms with Gasteiger partial charge in [-0.25, -0.2) is 0 Å². The van der Waals surface area contributed by atoms with Crippen molar-refractivity contribution in [1.29, 1.82) is 0 Å². The molecule has 1 atom stereocenters. The van der Waals surface area contributed by atoms with E-state index in [-0.39, 0.29) is 0 Å². The Balaban J connectivity index is 1.94. The van der Waals surface area contributed by atoms with Gasteiger partial charge in [-0.05, 0) is 67.6 Å². The maximum Gasteiger partial charge on any atom is 0.0645 e. The molecule has 0 amide bonds. The van der Waals surface area contributed by atoms with Crippen LogP contribution in [0.25, 0.3) is 0 Å². The monoisotopic (exact) mass is 297 g/mol. The first-order valence-corrected chi connectivity index (χ1v) is 7.15. The number of aromatic nitrogens is 2. The second-order valence-electron chi connectivity index (χ2n) is 5.17. The van der Waals surface area contributed by atoms with Crippen LogP contribution in [0.15, 0.2) is 16.7 Å². The first kappa shape index (κ1) is 13.0. The highest BCUT2D eigenvalue weighted by molar-refractivity contribution is 9.10. The fourth-order valence-electron chi connectivity index (χ4n) is 2.51. The number of nitrogens with zero attached hydrogens (tertiary/aromatic N) is 3. The summed E-state index contributed by atoms with van der Waals surface area (Å²) in [5.74, 6) is 0.731. The zero-order valence-electron chi connectivity index (χ0n) is 10.6. The highest BCUT2D eigenvalue weighted by atomic mass is 79.9. The Labute approximate surface area is 112 Å². The number of hydrogen-bond acceptors (Lipinski definition) is 3. The van der Waals surface area contributed by atoms with E-state index in [1.54, 1.807) is 6.20 Å². The number of likely N-dealkylation sites (tertiary alicyclic amines) is 1. The first-order valence-electron chi connectivity index (χ1n) is 6.36. The van der Waals surface area contributed by atoms with Crippen molar-refractivity contribution >= 4 is 15.9 Å². The van der Waals surface area contributed by atoms with Crippen molar-refractivity contribution in [1.82, 2.24) is 15.1 Å². The van der Waals surface area contributed by atoms with E-state index in [9.17, 15) is 0 Å². The Kier molecular flexibility index (Phi) is 4.51. The van der Waals surface area contributed by atoms with Gasteiger partial charge in [0, 0.05) is 17.1 Å². The van der Waals surface area contributed by atoms with Gasteiger partial charge in [-0.15, -0.1) is 0 Å². The van der Waals surface area contributed by atoms with Crippen LogP contribution in [-0.2, 0) is 6.42 Å². The van der Waals surface area contributed by atoms with Gasteiger partial charge in [0.1, 0.15) is 0 Å². The molecule has 0 spiro atoms. The fraction of sp³-hybridized carbons (Fsp3) is 0.692. The summed E-state index contributed by atoms with van der Waals surface area (Å²) < 4.78 is 1.03. The molecule has 1 aliphatic rings. The minimum Gasteiger partial charge on any atom is -0.301 e. The van der Waals surface area contributed by atoms with E-state index in [4.69, 9.17) is 0 Å². The largest absolute Gasteiger partial charge is 0.301 e. The second kappa shape index (κ2) is 5.91. The predicted octanol–water partition coefficient (Wildman–Crippen LogP) is 2.90. The highest BCUT2D eigenvalue weighted by Crippen LogP contribution is 2.22. The quantitative estimate of drug-likeness (QED) is 0.859. The molecule has 17 heavy (non-hydrogen) atoms. The number of hydrogen-bond donors (Lipinski definition) is 0. The smallest absolute Gasteiger partial charge is 0.0645 e. The van der Waals surface area contributed by atoms with Gasteiger partial charge in [0.05, 0.1) is 11.9 Å². The molecular weight excluding hydrogens is 278 g/mol. The van der Waals surface area contributed by atoms with Crippen LogP contribution < -0.4 is 0 Å². The molecule has 3 nitrogen and oxygen atoms in total. The SMILES string of the molecule is CC(C)N1CCCC(Cc2cc(Br)cnn2)C1. The van der Waals surface area contributed by atoms with Gasteiger partial charge >= 0.3 is 0 Å². The van der Waals surface area contributed by atoms with Gasteiger partial charge in [0.2, 0.25) is 0 Å². The molecule has 0 radical (unpaired) electrons. The summed E-state index contributed by atoms with van der Waals surface area (Å²) in [5, 5.41) is 8.20. The summed E-state index contributed by atoms with van der Waals surface area (Å²) >= 11 is 3.45. The molecule has 1 aromatic rings. The molecule has 4 heteroatoms. The summed E-state index contributed by atoms with van der Waals surface area (Å²) in [7, 11) is 0. The van der Waals surface area contributed by atoms with Gasteiger partial charge in [-0.3, -0.25) is 0 Å². The average molecular weight is 298 g/mol. The molecule has 0 bridgehead atoms. The molecule has 0 saturated carbocycles. The molecule has 1 saturated heterocycles. The fourth-order valence-corrected chi connectivity index (χ4v) is 2.87. The number of halogens is 1. The van der Waals surface area contributed by atoms with E-state index in [0.29, 0.717) is 6.04 Å². The maximum atomic E-state index is 4.21. The molecule has 94 valence electrons. The lowest BCUT2D eigenvalue weighted by molar-refractivity contribution is 0.139. The zero-order valence-corrected chi connectivity index (χ0v) is 12.2. The van der Waals surface area contributed by atoms with Crippen molar-refractivity contribution in [3.05, 3.63) is 22.4 Å². The lowest BCUT2D eigenvalue weighted by Gasteiger charge is -2.35. The van der Waals surface area contributed by atoms with Crippen molar-refractivity contribution in [3.8, 4) is 0 Å². The van der Waals surface area contributed by atoms with Crippen molar-refractivity contribution in [2.24, 2.45) is 5.92 Å². The van der Waals surface area contributed by atoms with Crippen LogP contribution in [0.4, 0.5) is 0 Å². The molecule has 1 fully saturated rings. The molecule has 1 unspecified atom stereocenters. The Bertz CT molecular complexity index is 367. The van der Waals surface area contributed by atoms with Crippen LogP contribution in [0.3, 0.4) is 0 Å². The van der Waals surface area contributed by atoms with Crippen molar-refractivity contribution in [3.63, 3.8) is 0 Å². The molecule has 1 aromatic heterocycles. The van der Waals surface area contributed by atoms with Crippen molar-refractivity contribution in [2.75, 3.05) is 13.1 Å². The summed E-state index contributed by atoms with van der Waals surface area (Å²) in [6.07, 6.45) is 5.42. The molecule has 2 heterocycles. The van der Waals surface area contributed by atoms with Crippen LogP contribution in [-0.4, -0.2) is 34.2 Å². The second-order valence-corrected chi connectivity index (χ2v) is 6.08. The van der Waals surface area contributed by atoms with Crippen LogP contribution in [0, 0.1) is 5.92 Å². The zero-order chi connectivity index (χ0) is 12.3. The van der Waals surface area contributed by atoms with E-state index in [0.717, 1.165) is 22.5 Å². The normalized spacial score (nSPS) is 22.0. The Hall–Kier alpha value is -0.480. The van der Waals surface area contributed by atoms with E-state index in [1.807, 2.05) is 0 Å².